The van der Waals surface area contributed by atoms with Gasteiger partial charge in [0.2, 0.25) is 0 Å². The summed E-state index contributed by atoms with van der Waals surface area (Å²) in [7, 11) is 0. The van der Waals surface area contributed by atoms with Crippen LogP contribution < -0.4 is 0 Å². The monoisotopic (exact) mass is 197 g/mol. The molecular formula is C8H4ClNO3. The minimum atomic E-state index is -0.636. The molecule has 0 radical (unpaired) electrons. The van der Waals surface area contributed by atoms with Crippen LogP contribution >= 0.6 is 11.6 Å². The number of allylic oxidation sites excluding steroid dienone is 4. The van der Waals surface area contributed by atoms with Crippen LogP contribution in [-0.2, 0) is 4.79 Å². The van der Waals surface area contributed by atoms with Gasteiger partial charge in [-0.1, -0.05) is 11.6 Å². The van der Waals surface area contributed by atoms with Crippen LogP contribution in [0.4, 0.5) is 0 Å². The average Bonchev–Trinajstić information content (AvgIpc) is 2.26. The van der Waals surface area contributed by atoms with E-state index >= 15 is 0 Å². The van der Waals surface area contributed by atoms with Crippen LogP contribution in [0.15, 0.2) is 40.3 Å². The Labute approximate surface area is 78.6 Å². The van der Waals surface area contributed by atoms with Crippen molar-refractivity contribution in [2.75, 3.05) is 0 Å². The molecule has 1 aliphatic carbocycles. The fraction of sp³-hybridized carbons (Fsp3) is 0. The van der Waals surface area contributed by atoms with Crippen LogP contribution in [0.1, 0.15) is 0 Å². The fourth-order valence-electron chi connectivity index (χ4n) is 0.751. The van der Waals surface area contributed by atoms with Crippen LogP contribution in [0.3, 0.4) is 0 Å². The Balaban J connectivity index is 3.26. The van der Waals surface area contributed by atoms with Crippen molar-refractivity contribution >= 4 is 17.9 Å². The molecule has 5 heteroatoms. The highest BCUT2D eigenvalue weighted by Gasteiger charge is 2.08. The lowest BCUT2D eigenvalue weighted by atomic mass is 10.3. The molecule has 0 aromatic heterocycles. The van der Waals surface area contributed by atoms with Crippen molar-refractivity contribution in [2.45, 2.75) is 0 Å². The summed E-state index contributed by atoms with van der Waals surface area (Å²) in [6.07, 6.45) is 4.29. The van der Waals surface area contributed by atoms with E-state index in [0.29, 0.717) is 6.29 Å². The zero-order chi connectivity index (χ0) is 9.84. The maximum atomic E-state index is 10.4. The van der Waals surface area contributed by atoms with Crippen molar-refractivity contribution in [2.24, 2.45) is 0 Å². The molecule has 0 fully saturated rings. The molecular weight excluding hydrogens is 194 g/mol. The number of halogens is 1. The van der Waals surface area contributed by atoms with Gasteiger partial charge in [-0.05, 0) is 17.9 Å². The number of carbonyl (C=O) groups is 1. The van der Waals surface area contributed by atoms with Gasteiger partial charge in [0.1, 0.15) is 0 Å². The first-order valence-electron chi connectivity index (χ1n) is 3.29. The Morgan fingerprint density at radius 1 is 1.54 bits per heavy atom. The Bertz CT molecular complexity index is 386. The van der Waals surface area contributed by atoms with Gasteiger partial charge in [0.15, 0.2) is 6.29 Å². The molecule has 13 heavy (non-hydrogen) atoms. The third kappa shape index (κ3) is 2.40. The second-order valence-electron chi connectivity index (χ2n) is 2.20. The van der Waals surface area contributed by atoms with Crippen molar-refractivity contribution in [3.05, 3.63) is 50.4 Å². The van der Waals surface area contributed by atoms with Gasteiger partial charge in [-0.25, -0.2) is 0 Å². The topological polar surface area (TPSA) is 60.2 Å². The molecule has 0 saturated carbocycles. The summed E-state index contributed by atoms with van der Waals surface area (Å²) >= 11 is 5.58. The summed E-state index contributed by atoms with van der Waals surface area (Å²) < 4.78 is 0. The van der Waals surface area contributed by atoms with E-state index in [1.165, 1.54) is 18.2 Å². The van der Waals surface area contributed by atoms with Crippen molar-refractivity contribution in [3.63, 3.8) is 0 Å². The van der Waals surface area contributed by atoms with Crippen LogP contribution in [0, 0.1) is 10.1 Å². The van der Waals surface area contributed by atoms with Crippen LogP contribution in [0.2, 0.25) is 0 Å². The van der Waals surface area contributed by atoms with Gasteiger partial charge in [-0.2, -0.15) is 0 Å². The highest BCUT2D eigenvalue weighted by molar-refractivity contribution is 6.31. The number of hydrogen-bond donors (Lipinski definition) is 0. The molecule has 4 nitrogen and oxygen atoms in total. The minimum Gasteiger partial charge on any atom is -0.297 e. The molecule has 66 valence electrons. The third-order valence-electron chi connectivity index (χ3n) is 1.29. The smallest absolute Gasteiger partial charge is 0.297 e. The van der Waals surface area contributed by atoms with Gasteiger partial charge in [0.25, 0.3) is 0 Å². The first-order chi connectivity index (χ1) is 6.13. The van der Waals surface area contributed by atoms with E-state index < -0.39 is 4.92 Å². The molecule has 0 unspecified atom stereocenters. The van der Waals surface area contributed by atoms with E-state index in [1.54, 1.807) is 0 Å². The first-order valence-corrected chi connectivity index (χ1v) is 3.67. The second-order valence-corrected chi connectivity index (χ2v) is 2.64. The molecule has 0 aliphatic heterocycles. The number of hydrogen-bond acceptors (Lipinski definition) is 3. The predicted octanol–water partition coefficient (Wildman–Crippen LogP) is 1.56. The number of carbonyl (C=O) groups excluding carboxylic acids is 1. The van der Waals surface area contributed by atoms with E-state index in [4.69, 9.17) is 11.6 Å². The zero-order valence-electron chi connectivity index (χ0n) is 6.36. The largest absolute Gasteiger partial charge is 0.312 e. The lowest BCUT2D eigenvalue weighted by molar-refractivity contribution is -0.418. The van der Waals surface area contributed by atoms with E-state index in [0.717, 1.165) is 0 Å². The molecule has 0 heterocycles. The molecule has 0 N–H and O–H groups in total. The lowest BCUT2D eigenvalue weighted by Gasteiger charge is -1.83. The molecule has 0 aromatic rings. The lowest BCUT2D eigenvalue weighted by Crippen LogP contribution is -1.93. The van der Waals surface area contributed by atoms with Crippen molar-refractivity contribution in [1.82, 2.24) is 0 Å². The summed E-state index contributed by atoms with van der Waals surface area (Å²) in [5.41, 5.74) is 2.09. The molecule has 1 aliphatic rings. The van der Waals surface area contributed by atoms with E-state index in [1.807, 2.05) is 0 Å². The van der Waals surface area contributed by atoms with Crippen molar-refractivity contribution in [1.29, 1.82) is 0 Å². The van der Waals surface area contributed by atoms with E-state index in [-0.39, 0.29) is 16.3 Å². The van der Waals surface area contributed by atoms with Gasteiger partial charge >= 0.3 is 5.70 Å². The molecule has 0 bridgehead atoms. The van der Waals surface area contributed by atoms with E-state index in [9.17, 15) is 14.9 Å². The molecule has 0 spiro atoms. The van der Waals surface area contributed by atoms with E-state index in [2.05, 4.69) is 5.73 Å². The highest BCUT2D eigenvalue weighted by atomic mass is 35.5. The standard InChI is InChI=1S/C8H4ClNO3/c9-7-1-2-8(10(12)13)4-6(3-7)5-11/h1-3,5H. The molecule has 0 atom stereocenters. The van der Waals surface area contributed by atoms with Crippen LogP contribution in [0.5, 0.6) is 0 Å². The molecule has 1 rings (SSSR count). The Morgan fingerprint density at radius 2 is 2.23 bits per heavy atom. The number of nitro groups is 1. The zero-order valence-corrected chi connectivity index (χ0v) is 7.12. The van der Waals surface area contributed by atoms with Gasteiger partial charge in [0.05, 0.1) is 10.5 Å². The second kappa shape index (κ2) is 3.85. The quantitative estimate of drug-likeness (QED) is 0.292. The van der Waals surface area contributed by atoms with Gasteiger partial charge in [0, 0.05) is 11.1 Å². The highest BCUT2D eigenvalue weighted by Crippen LogP contribution is 2.12. The maximum Gasteiger partial charge on any atom is 0.312 e. The number of nitrogens with zero attached hydrogens (tertiary/aromatic N) is 1. The van der Waals surface area contributed by atoms with Crippen molar-refractivity contribution in [3.8, 4) is 0 Å². The SMILES string of the molecule is O=CC1=C=C([N+](=O)[O-])C=CC(Cl)=C1. The molecule has 0 amide bonds. The summed E-state index contributed by atoms with van der Waals surface area (Å²) in [6, 6.07) is 0. The number of rotatable bonds is 2. The summed E-state index contributed by atoms with van der Waals surface area (Å²) in [5, 5.41) is 10.6. The van der Waals surface area contributed by atoms with Crippen molar-refractivity contribution < 1.29 is 9.72 Å². The Morgan fingerprint density at radius 3 is 2.77 bits per heavy atom. The molecule has 0 saturated heterocycles. The van der Waals surface area contributed by atoms with Crippen LogP contribution in [0.25, 0.3) is 0 Å². The first kappa shape index (κ1) is 9.45. The van der Waals surface area contributed by atoms with Crippen LogP contribution in [-0.4, -0.2) is 11.2 Å². The minimum absolute atomic E-state index is 0.0571. The number of aldehydes is 1. The molecule has 0 aromatic carbocycles. The third-order valence-corrected chi connectivity index (χ3v) is 1.52. The normalized spacial score (nSPS) is 15.3. The van der Waals surface area contributed by atoms with Gasteiger partial charge < -0.3 is 0 Å². The summed E-state index contributed by atoms with van der Waals surface area (Å²) in [5.74, 6) is 0. The predicted molar refractivity (Wildman–Crippen MR) is 46.7 cm³/mol. The maximum absolute atomic E-state index is 10.4. The van der Waals surface area contributed by atoms with Gasteiger partial charge in [-0.15, -0.1) is 0 Å². The average molecular weight is 198 g/mol. The Hall–Kier alpha value is -1.64. The fourth-order valence-corrected chi connectivity index (χ4v) is 0.931. The Kier molecular flexibility index (Phi) is 2.80. The summed E-state index contributed by atoms with van der Waals surface area (Å²) in [4.78, 5) is 20.1. The van der Waals surface area contributed by atoms with Gasteiger partial charge in [-0.3, -0.25) is 14.9 Å². The summed E-state index contributed by atoms with van der Waals surface area (Å²) in [6.45, 7) is 0.